The molecule has 4 rings (SSSR count). The van der Waals surface area contributed by atoms with Crippen molar-refractivity contribution < 1.29 is 14.2 Å². The third-order valence-electron chi connectivity index (χ3n) is 7.63. The molecule has 0 aliphatic heterocycles. The fourth-order valence-corrected chi connectivity index (χ4v) is 6.23. The van der Waals surface area contributed by atoms with E-state index in [9.17, 15) is 0 Å². The lowest BCUT2D eigenvalue weighted by Gasteiger charge is -2.24. The fourth-order valence-electron chi connectivity index (χ4n) is 5.33. The van der Waals surface area contributed by atoms with E-state index >= 15 is 0 Å². The zero-order valence-electron chi connectivity index (χ0n) is 23.4. The molecule has 1 saturated carbocycles. The van der Waals surface area contributed by atoms with E-state index in [0.29, 0.717) is 47.4 Å². The maximum Gasteiger partial charge on any atom is 0.156 e. The normalized spacial score (nSPS) is 14.7. The highest BCUT2D eigenvalue weighted by Gasteiger charge is 2.33. The Morgan fingerprint density at radius 1 is 0.825 bits per heavy atom. The van der Waals surface area contributed by atoms with Crippen molar-refractivity contribution in [1.82, 2.24) is 0 Å². The molecule has 2 N–H and O–H groups in total. The van der Waals surface area contributed by atoms with E-state index in [1.807, 2.05) is 37.3 Å². The van der Waals surface area contributed by atoms with Crippen LogP contribution in [0.2, 0.25) is 15.1 Å². The number of methoxy groups -OCH3 is 1. The number of nitrogens with two attached hydrogens (primary N) is 1. The first-order valence-electron chi connectivity index (χ1n) is 14.1. The predicted octanol–water partition coefficient (Wildman–Crippen LogP) is 8.38. The van der Waals surface area contributed by atoms with Crippen LogP contribution < -0.4 is 15.2 Å². The second-order valence-electron chi connectivity index (χ2n) is 10.9. The molecule has 0 saturated heterocycles. The van der Waals surface area contributed by atoms with E-state index in [4.69, 9.17) is 54.7 Å². The fraction of sp³-hybridized carbons (Fsp3) is 0.455. The molecule has 3 aromatic carbocycles. The molecule has 7 heteroatoms. The number of hydrogen-bond donors (Lipinski definition) is 1. The van der Waals surface area contributed by atoms with Crippen molar-refractivity contribution in [2.75, 3.05) is 33.5 Å². The average molecular weight is 605 g/mol. The Morgan fingerprint density at radius 2 is 1.50 bits per heavy atom. The van der Waals surface area contributed by atoms with Crippen molar-refractivity contribution in [2.45, 2.75) is 45.4 Å². The van der Waals surface area contributed by atoms with Gasteiger partial charge < -0.3 is 19.9 Å². The first-order valence-corrected chi connectivity index (χ1v) is 15.3. The molecule has 1 fully saturated rings. The minimum atomic E-state index is 0.349. The van der Waals surface area contributed by atoms with Gasteiger partial charge in [0, 0.05) is 12.1 Å². The number of hydrogen-bond acceptors (Lipinski definition) is 4. The van der Waals surface area contributed by atoms with Crippen LogP contribution >= 0.6 is 34.8 Å². The van der Waals surface area contributed by atoms with E-state index in [1.54, 1.807) is 7.11 Å². The van der Waals surface area contributed by atoms with Gasteiger partial charge in [-0.1, -0.05) is 59.1 Å². The van der Waals surface area contributed by atoms with Gasteiger partial charge in [-0.3, -0.25) is 0 Å². The minimum Gasteiger partial charge on any atom is -0.490 e. The Hall–Kier alpha value is -1.95. The Kier molecular flexibility index (Phi) is 11.9. The topological polar surface area (TPSA) is 53.7 Å². The smallest absolute Gasteiger partial charge is 0.156 e. The van der Waals surface area contributed by atoms with Crippen LogP contribution in [0.15, 0.2) is 54.6 Å². The Balaban J connectivity index is 1.28. The standard InChI is InChI=1S/C33H40Cl3NO3/c1-22-15-31(35)33(32(36)16-22)40-14-13-39-29-8-3-23(4-9-29)17-25(21-37)19-27(26-6-7-26)20-28-18-24(11-12-38-2)5-10-30(28)34/h3-5,8-10,15-16,18,25-27H,6-7,11-14,17,19-21,37H2,1-2H3/t25-,27-/m0/s1. The Morgan fingerprint density at radius 3 is 2.15 bits per heavy atom. The summed E-state index contributed by atoms with van der Waals surface area (Å²) >= 11 is 19.1. The van der Waals surface area contributed by atoms with Crippen LogP contribution in [0.5, 0.6) is 11.5 Å². The van der Waals surface area contributed by atoms with Crippen LogP contribution in [0.4, 0.5) is 0 Å². The first kappa shape index (κ1) is 31.0. The number of ether oxygens (including phenoxy) is 3. The Labute approximate surface area is 254 Å². The van der Waals surface area contributed by atoms with Gasteiger partial charge in [0.2, 0.25) is 0 Å². The second kappa shape index (κ2) is 15.3. The van der Waals surface area contributed by atoms with E-state index < -0.39 is 0 Å². The number of benzene rings is 3. The molecule has 0 heterocycles. The van der Waals surface area contributed by atoms with E-state index in [-0.39, 0.29) is 0 Å². The molecule has 1 aliphatic rings. The Bertz CT molecular complexity index is 1210. The molecule has 3 aromatic rings. The van der Waals surface area contributed by atoms with Crippen molar-refractivity contribution in [3.63, 3.8) is 0 Å². The lowest BCUT2D eigenvalue weighted by Crippen LogP contribution is -2.22. The predicted molar refractivity (Wildman–Crippen MR) is 166 cm³/mol. The molecule has 0 spiro atoms. The molecule has 2 atom stereocenters. The van der Waals surface area contributed by atoms with Crippen LogP contribution in [0.1, 0.15) is 41.5 Å². The summed E-state index contributed by atoms with van der Waals surface area (Å²) in [7, 11) is 1.74. The van der Waals surface area contributed by atoms with Crippen molar-refractivity contribution in [3.05, 3.63) is 91.9 Å². The van der Waals surface area contributed by atoms with Crippen molar-refractivity contribution in [2.24, 2.45) is 23.5 Å². The molecule has 0 unspecified atom stereocenters. The summed E-state index contributed by atoms with van der Waals surface area (Å²) in [6.45, 7) is 4.07. The van der Waals surface area contributed by atoms with Gasteiger partial charge in [0.25, 0.3) is 0 Å². The summed E-state index contributed by atoms with van der Waals surface area (Å²) < 4.78 is 16.9. The van der Waals surface area contributed by atoms with Gasteiger partial charge in [-0.15, -0.1) is 0 Å². The highest BCUT2D eigenvalue weighted by Crippen LogP contribution is 2.42. The zero-order chi connectivity index (χ0) is 28.5. The number of aryl methyl sites for hydroxylation is 1. The second-order valence-corrected chi connectivity index (χ2v) is 12.1. The third-order valence-corrected chi connectivity index (χ3v) is 8.56. The molecular formula is C33H40Cl3NO3. The highest BCUT2D eigenvalue weighted by atomic mass is 35.5. The first-order chi connectivity index (χ1) is 19.4. The van der Waals surface area contributed by atoms with Crippen molar-refractivity contribution in [3.8, 4) is 11.5 Å². The van der Waals surface area contributed by atoms with Gasteiger partial charge in [-0.05, 0) is 122 Å². The summed E-state index contributed by atoms with van der Waals surface area (Å²) in [6, 6.07) is 18.4. The zero-order valence-corrected chi connectivity index (χ0v) is 25.7. The van der Waals surface area contributed by atoms with Gasteiger partial charge in [-0.2, -0.15) is 0 Å². The molecule has 40 heavy (non-hydrogen) atoms. The molecule has 0 bridgehead atoms. The average Bonchev–Trinajstić information content (AvgIpc) is 3.78. The van der Waals surface area contributed by atoms with Crippen LogP contribution in [0.25, 0.3) is 0 Å². The quantitative estimate of drug-likeness (QED) is 0.167. The summed E-state index contributed by atoms with van der Waals surface area (Å²) in [5.41, 5.74) is 11.1. The number of halogens is 3. The van der Waals surface area contributed by atoms with Crippen LogP contribution in [-0.4, -0.2) is 33.5 Å². The third kappa shape index (κ3) is 9.29. The molecule has 0 amide bonds. The van der Waals surface area contributed by atoms with E-state index in [1.165, 1.54) is 29.5 Å². The van der Waals surface area contributed by atoms with Gasteiger partial charge in [-0.25, -0.2) is 0 Å². The van der Waals surface area contributed by atoms with Crippen LogP contribution in [-0.2, 0) is 24.0 Å². The SMILES string of the molecule is COCCc1ccc(Cl)c(C[C@H](C[C@@H](CN)Cc2ccc(OCCOc3c(Cl)cc(C)cc3Cl)cc2)C2CC2)c1. The van der Waals surface area contributed by atoms with E-state index in [0.717, 1.165) is 54.5 Å². The maximum absolute atomic E-state index is 6.62. The minimum absolute atomic E-state index is 0.349. The van der Waals surface area contributed by atoms with E-state index in [2.05, 4.69) is 24.3 Å². The van der Waals surface area contributed by atoms with Crippen LogP contribution in [0, 0.1) is 24.7 Å². The lowest BCUT2D eigenvalue weighted by atomic mass is 9.83. The van der Waals surface area contributed by atoms with Gasteiger partial charge in [0.15, 0.2) is 5.75 Å². The largest absolute Gasteiger partial charge is 0.490 e. The van der Waals surface area contributed by atoms with Crippen molar-refractivity contribution >= 4 is 34.8 Å². The summed E-state index contributed by atoms with van der Waals surface area (Å²) in [5, 5.41) is 1.88. The summed E-state index contributed by atoms with van der Waals surface area (Å²) in [6.07, 6.45) is 6.59. The van der Waals surface area contributed by atoms with Gasteiger partial charge >= 0.3 is 0 Å². The molecule has 4 nitrogen and oxygen atoms in total. The summed E-state index contributed by atoms with van der Waals surface area (Å²) in [5.74, 6) is 3.09. The monoisotopic (exact) mass is 603 g/mol. The maximum atomic E-state index is 6.62. The van der Waals surface area contributed by atoms with Gasteiger partial charge in [0.05, 0.1) is 16.7 Å². The van der Waals surface area contributed by atoms with Gasteiger partial charge in [0.1, 0.15) is 19.0 Å². The molecule has 216 valence electrons. The number of rotatable bonds is 16. The molecule has 1 aliphatic carbocycles. The van der Waals surface area contributed by atoms with Crippen LogP contribution in [0.3, 0.4) is 0 Å². The highest BCUT2D eigenvalue weighted by molar-refractivity contribution is 6.37. The summed E-state index contributed by atoms with van der Waals surface area (Å²) in [4.78, 5) is 0. The molecule has 0 aromatic heterocycles. The molecule has 0 radical (unpaired) electrons. The lowest BCUT2D eigenvalue weighted by molar-refractivity contribution is 0.202. The molecular weight excluding hydrogens is 565 g/mol. The van der Waals surface area contributed by atoms with Crippen molar-refractivity contribution in [1.29, 1.82) is 0 Å².